The number of hydrogen-bond acceptors (Lipinski definition) is 3. The van der Waals surface area contributed by atoms with Crippen molar-refractivity contribution in [3.8, 4) is 0 Å². The molecule has 0 spiro atoms. The molecule has 2 aliphatic rings. The molecule has 1 aromatic carbocycles. The number of carbonyl (C=O) groups excluding carboxylic acids is 3. The molecule has 0 N–H and O–H groups in total. The highest BCUT2D eigenvalue weighted by Crippen LogP contribution is 2.23. The van der Waals surface area contributed by atoms with Crippen LogP contribution < -0.4 is 0 Å². The summed E-state index contributed by atoms with van der Waals surface area (Å²) in [5, 5.41) is 0. The molecule has 2 fully saturated rings. The van der Waals surface area contributed by atoms with Crippen molar-refractivity contribution in [2.45, 2.75) is 52.5 Å². The maximum Gasteiger partial charge on any atom is 0.253 e. The fourth-order valence-corrected chi connectivity index (χ4v) is 4.15. The predicted octanol–water partition coefficient (Wildman–Crippen LogP) is 2.74. The zero-order valence-electron chi connectivity index (χ0n) is 18.1. The van der Waals surface area contributed by atoms with Gasteiger partial charge in [-0.25, -0.2) is 0 Å². The molecule has 0 bridgehead atoms. The van der Waals surface area contributed by atoms with Gasteiger partial charge in [0.15, 0.2) is 0 Å². The number of carbonyl (C=O) groups is 3. The molecular formula is C23H33N3O3. The molecule has 29 heavy (non-hydrogen) atoms. The highest BCUT2D eigenvalue weighted by Gasteiger charge is 2.38. The van der Waals surface area contributed by atoms with E-state index in [1.165, 1.54) is 5.56 Å². The van der Waals surface area contributed by atoms with E-state index < -0.39 is 0 Å². The van der Waals surface area contributed by atoms with Gasteiger partial charge >= 0.3 is 0 Å². The molecule has 0 aliphatic carbocycles. The lowest BCUT2D eigenvalue weighted by atomic mass is 10.0. The number of likely N-dealkylation sites (tertiary alicyclic amines) is 1. The lowest BCUT2D eigenvalue weighted by molar-refractivity contribution is -0.146. The van der Waals surface area contributed by atoms with Crippen molar-refractivity contribution in [1.29, 1.82) is 0 Å². The van der Waals surface area contributed by atoms with Gasteiger partial charge in [0.1, 0.15) is 6.04 Å². The lowest BCUT2D eigenvalue weighted by Gasteiger charge is -2.37. The van der Waals surface area contributed by atoms with Gasteiger partial charge in [-0.2, -0.15) is 0 Å². The standard InChI is InChI=1S/C23H33N3O3/c1-16(2)18-7-9-19(10-8-18)22(28)24-12-14-25(15-13-24)23(29)20-6-5-11-26(20)21(27)17(3)4/h7-10,16-17,20H,5-6,11-15H2,1-4H3. The molecule has 0 radical (unpaired) electrons. The summed E-state index contributed by atoms with van der Waals surface area (Å²) in [5.74, 6) is 0.445. The average molecular weight is 400 g/mol. The first kappa shape index (κ1) is 21.3. The van der Waals surface area contributed by atoms with E-state index in [-0.39, 0.29) is 29.7 Å². The molecule has 0 saturated carbocycles. The first-order chi connectivity index (χ1) is 13.8. The Bertz CT molecular complexity index is 749. The predicted molar refractivity (Wildman–Crippen MR) is 113 cm³/mol. The minimum Gasteiger partial charge on any atom is -0.337 e. The van der Waals surface area contributed by atoms with Gasteiger partial charge in [0.2, 0.25) is 11.8 Å². The first-order valence-corrected chi connectivity index (χ1v) is 10.8. The molecule has 3 amide bonds. The molecule has 6 heteroatoms. The van der Waals surface area contributed by atoms with Gasteiger partial charge in [-0.15, -0.1) is 0 Å². The third kappa shape index (κ3) is 4.62. The molecule has 1 atom stereocenters. The van der Waals surface area contributed by atoms with E-state index in [0.29, 0.717) is 44.2 Å². The van der Waals surface area contributed by atoms with Gasteiger partial charge in [-0.3, -0.25) is 14.4 Å². The van der Waals surface area contributed by atoms with E-state index >= 15 is 0 Å². The van der Waals surface area contributed by atoms with Gasteiger partial charge in [-0.1, -0.05) is 39.8 Å². The van der Waals surface area contributed by atoms with E-state index in [0.717, 1.165) is 12.8 Å². The molecule has 3 rings (SSSR count). The van der Waals surface area contributed by atoms with Crippen LogP contribution in [-0.2, 0) is 9.59 Å². The molecule has 2 saturated heterocycles. The quantitative estimate of drug-likeness (QED) is 0.782. The van der Waals surface area contributed by atoms with Crippen molar-refractivity contribution in [3.05, 3.63) is 35.4 Å². The normalized spacial score (nSPS) is 19.9. The fraction of sp³-hybridized carbons (Fsp3) is 0.609. The number of amides is 3. The van der Waals surface area contributed by atoms with Crippen LogP contribution in [0, 0.1) is 5.92 Å². The Morgan fingerprint density at radius 1 is 0.862 bits per heavy atom. The molecule has 158 valence electrons. The third-order valence-corrected chi connectivity index (χ3v) is 6.02. The van der Waals surface area contributed by atoms with Crippen LogP contribution in [-0.4, -0.2) is 71.2 Å². The highest BCUT2D eigenvalue weighted by atomic mass is 16.2. The summed E-state index contributed by atoms with van der Waals surface area (Å²) in [6.45, 7) is 10.8. The van der Waals surface area contributed by atoms with Crippen LogP contribution in [0.4, 0.5) is 0 Å². The second kappa shape index (κ2) is 8.97. The summed E-state index contributed by atoms with van der Waals surface area (Å²) in [4.78, 5) is 43.6. The number of piperazine rings is 1. The minimum atomic E-state index is -0.337. The zero-order chi connectivity index (χ0) is 21.1. The summed E-state index contributed by atoms with van der Waals surface area (Å²) >= 11 is 0. The number of nitrogens with zero attached hydrogens (tertiary/aromatic N) is 3. The second-order valence-electron chi connectivity index (χ2n) is 8.74. The Morgan fingerprint density at radius 3 is 2.00 bits per heavy atom. The third-order valence-electron chi connectivity index (χ3n) is 6.02. The van der Waals surface area contributed by atoms with Gasteiger partial charge in [-0.05, 0) is 36.5 Å². The summed E-state index contributed by atoms with van der Waals surface area (Å²) in [6, 6.07) is 7.47. The SMILES string of the molecule is CC(C)C(=O)N1CCCC1C(=O)N1CCN(C(=O)c2ccc(C(C)C)cc2)CC1. The molecule has 2 heterocycles. The van der Waals surface area contributed by atoms with Crippen molar-refractivity contribution < 1.29 is 14.4 Å². The van der Waals surface area contributed by atoms with Crippen LogP contribution in [0.5, 0.6) is 0 Å². The minimum absolute atomic E-state index is 0.0184. The van der Waals surface area contributed by atoms with Crippen LogP contribution in [0.15, 0.2) is 24.3 Å². The summed E-state index contributed by atoms with van der Waals surface area (Å²) in [7, 11) is 0. The van der Waals surface area contributed by atoms with Crippen LogP contribution in [0.2, 0.25) is 0 Å². The zero-order valence-corrected chi connectivity index (χ0v) is 18.1. The Balaban J connectivity index is 1.57. The monoisotopic (exact) mass is 399 g/mol. The van der Waals surface area contributed by atoms with Crippen molar-refractivity contribution in [2.75, 3.05) is 32.7 Å². The summed E-state index contributed by atoms with van der Waals surface area (Å²) in [5.41, 5.74) is 1.91. The van der Waals surface area contributed by atoms with Gasteiger partial charge in [0.05, 0.1) is 0 Å². The Kier molecular flexibility index (Phi) is 6.60. The van der Waals surface area contributed by atoms with Gasteiger partial charge < -0.3 is 14.7 Å². The van der Waals surface area contributed by atoms with Crippen molar-refractivity contribution in [1.82, 2.24) is 14.7 Å². The van der Waals surface area contributed by atoms with E-state index in [9.17, 15) is 14.4 Å². The maximum absolute atomic E-state index is 13.0. The second-order valence-corrected chi connectivity index (χ2v) is 8.74. The van der Waals surface area contributed by atoms with Crippen LogP contribution >= 0.6 is 0 Å². The molecule has 0 aromatic heterocycles. The number of rotatable bonds is 4. The smallest absolute Gasteiger partial charge is 0.253 e. The number of hydrogen-bond donors (Lipinski definition) is 0. The molecule has 6 nitrogen and oxygen atoms in total. The summed E-state index contributed by atoms with van der Waals surface area (Å²) in [6.07, 6.45) is 1.61. The van der Waals surface area contributed by atoms with Crippen molar-refractivity contribution in [3.63, 3.8) is 0 Å². The summed E-state index contributed by atoms with van der Waals surface area (Å²) < 4.78 is 0. The average Bonchev–Trinajstić information content (AvgIpc) is 3.22. The van der Waals surface area contributed by atoms with Crippen LogP contribution in [0.25, 0.3) is 0 Å². The first-order valence-electron chi connectivity index (χ1n) is 10.8. The van der Waals surface area contributed by atoms with E-state index in [1.807, 2.05) is 47.9 Å². The molecule has 1 unspecified atom stereocenters. The molecule has 2 aliphatic heterocycles. The Morgan fingerprint density at radius 2 is 1.45 bits per heavy atom. The van der Waals surface area contributed by atoms with Crippen molar-refractivity contribution >= 4 is 17.7 Å². The topological polar surface area (TPSA) is 60.9 Å². The highest BCUT2D eigenvalue weighted by molar-refractivity contribution is 5.94. The van der Waals surface area contributed by atoms with Crippen LogP contribution in [0.3, 0.4) is 0 Å². The van der Waals surface area contributed by atoms with Gasteiger partial charge in [0.25, 0.3) is 5.91 Å². The largest absolute Gasteiger partial charge is 0.337 e. The number of benzene rings is 1. The Hall–Kier alpha value is -2.37. The van der Waals surface area contributed by atoms with E-state index in [1.54, 1.807) is 4.90 Å². The fourth-order valence-electron chi connectivity index (χ4n) is 4.15. The van der Waals surface area contributed by atoms with E-state index in [4.69, 9.17) is 0 Å². The van der Waals surface area contributed by atoms with E-state index in [2.05, 4.69) is 13.8 Å². The maximum atomic E-state index is 13.0. The molecule has 1 aromatic rings. The Labute approximate surface area is 173 Å². The molecular weight excluding hydrogens is 366 g/mol. The van der Waals surface area contributed by atoms with Crippen LogP contribution in [0.1, 0.15) is 62.4 Å². The van der Waals surface area contributed by atoms with Gasteiger partial charge in [0, 0.05) is 44.2 Å². The van der Waals surface area contributed by atoms with Crippen molar-refractivity contribution in [2.24, 2.45) is 5.92 Å². The lowest BCUT2D eigenvalue weighted by Crippen LogP contribution is -2.55.